The molecule has 3 saturated carbocycles. The average molecular weight is 164 g/mol. The van der Waals surface area contributed by atoms with Crippen LogP contribution in [0.15, 0.2) is 0 Å². The zero-order valence-corrected chi connectivity index (χ0v) is 8.72. The molecule has 0 N–H and O–H groups in total. The second-order valence-electron chi connectivity index (χ2n) is 6.04. The summed E-state index contributed by atoms with van der Waals surface area (Å²) in [6.07, 6.45) is 3.11. The lowest BCUT2D eigenvalue weighted by molar-refractivity contribution is 0.190. The van der Waals surface area contributed by atoms with Gasteiger partial charge in [-0.1, -0.05) is 27.7 Å². The molecule has 0 aromatic heterocycles. The maximum absolute atomic E-state index is 2.49. The number of hydrogen-bond acceptors (Lipinski definition) is 0. The van der Waals surface area contributed by atoms with Gasteiger partial charge in [0.1, 0.15) is 0 Å². The lowest BCUT2D eigenvalue weighted by Crippen LogP contribution is -2.23. The van der Waals surface area contributed by atoms with Gasteiger partial charge in [-0.3, -0.25) is 0 Å². The van der Waals surface area contributed by atoms with E-state index in [2.05, 4.69) is 27.7 Å². The number of rotatable bonds is 1. The van der Waals surface area contributed by atoms with Crippen LogP contribution in [-0.2, 0) is 0 Å². The van der Waals surface area contributed by atoms with Crippen LogP contribution in [0.4, 0.5) is 0 Å². The Bertz CT molecular complexity index is 222. The van der Waals surface area contributed by atoms with Gasteiger partial charge in [0.25, 0.3) is 0 Å². The smallest absolute Gasteiger partial charge is 0.0165 e. The highest BCUT2D eigenvalue weighted by Gasteiger charge is 2.96. The molecule has 0 bridgehead atoms. The molecule has 0 heteroatoms. The van der Waals surface area contributed by atoms with Crippen LogP contribution in [0.5, 0.6) is 0 Å². The Morgan fingerprint density at radius 2 is 1.58 bits per heavy atom. The lowest BCUT2D eigenvalue weighted by atomic mass is 9.75. The zero-order chi connectivity index (χ0) is 8.72. The van der Waals surface area contributed by atoms with Crippen molar-refractivity contribution >= 4 is 0 Å². The van der Waals surface area contributed by atoms with E-state index in [1.807, 2.05) is 0 Å². The van der Waals surface area contributed by atoms with Gasteiger partial charge in [0.2, 0.25) is 0 Å². The van der Waals surface area contributed by atoms with Crippen LogP contribution in [0.1, 0.15) is 40.5 Å². The normalized spacial score (nSPS) is 66.2. The van der Waals surface area contributed by atoms with Crippen LogP contribution in [-0.4, -0.2) is 0 Å². The van der Waals surface area contributed by atoms with Crippen molar-refractivity contribution in [2.75, 3.05) is 0 Å². The monoisotopic (exact) mass is 164 g/mol. The summed E-state index contributed by atoms with van der Waals surface area (Å²) >= 11 is 0. The molecule has 3 rings (SSSR count). The summed E-state index contributed by atoms with van der Waals surface area (Å²) in [5.74, 6) is 4.20. The molecule has 0 radical (unpaired) electrons. The third-order valence-corrected chi connectivity index (χ3v) is 5.39. The van der Waals surface area contributed by atoms with Gasteiger partial charge in [0, 0.05) is 0 Å². The largest absolute Gasteiger partial charge is 0.0625 e. The second-order valence-corrected chi connectivity index (χ2v) is 6.04. The molecule has 0 saturated heterocycles. The maximum atomic E-state index is 2.49. The van der Waals surface area contributed by atoms with E-state index in [-0.39, 0.29) is 0 Å². The summed E-state index contributed by atoms with van der Waals surface area (Å²) in [5.41, 5.74) is 1.75. The van der Waals surface area contributed by atoms with Crippen LogP contribution in [0.2, 0.25) is 0 Å². The molecule has 0 spiro atoms. The highest BCUT2D eigenvalue weighted by atomic mass is 15.0. The third-order valence-electron chi connectivity index (χ3n) is 5.39. The Morgan fingerprint density at radius 3 is 2.00 bits per heavy atom. The summed E-state index contributed by atoms with van der Waals surface area (Å²) < 4.78 is 0. The van der Waals surface area contributed by atoms with Crippen LogP contribution >= 0.6 is 0 Å². The van der Waals surface area contributed by atoms with E-state index in [4.69, 9.17) is 0 Å². The predicted molar refractivity (Wildman–Crippen MR) is 50.8 cm³/mol. The summed E-state index contributed by atoms with van der Waals surface area (Å²) in [4.78, 5) is 0. The molecule has 0 aromatic rings. The van der Waals surface area contributed by atoms with Crippen molar-refractivity contribution in [3.8, 4) is 0 Å². The minimum absolute atomic E-state index is 0.876. The lowest BCUT2D eigenvalue weighted by Gasteiger charge is -2.29. The Balaban J connectivity index is 1.88. The van der Waals surface area contributed by atoms with Gasteiger partial charge in [-0.05, 0) is 47.3 Å². The first-order chi connectivity index (χ1) is 5.57. The summed E-state index contributed by atoms with van der Waals surface area (Å²) in [6.45, 7) is 9.77. The number of hydrogen-bond donors (Lipinski definition) is 0. The van der Waals surface area contributed by atoms with Crippen molar-refractivity contribution in [2.24, 2.45) is 34.5 Å². The van der Waals surface area contributed by atoms with Gasteiger partial charge in [-0.2, -0.15) is 0 Å². The fourth-order valence-corrected chi connectivity index (χ4v) is 5.41. The van der Waals surface area contributed by atoms with Gasteiger partial charge in [-0.25, -0.2) is 0 Å². The molecular weight excluding hydrogens is 144 g/mol. The van der Waals surface area contributed by atoms with E-state index in [1.54, 1.807) is 12.8 Å². The van der Waals surface area contributed by atoms with E-state index >= 15 is 0 Å². The Morgan fingerprint density at radius 1 is 1.08 bits per heavy atom. The first kappa shape index (κ1) is 7.41. The van der Waals surface area contributed by atoms with Crippen molar-refractivity contribution < 1.29 is 0 Å². The first-order valence-electron chi connectivity index (χ1n) is 5.57. The fraction of sp³-hybridized carbons (Fsp3) is 1.00. The summed E-state index contributed by atoms with van der Waals surface area (Å²) in [6, 6.07) is 0. The molecule has 3 aliphatic carbocycles. The van der Waals surface area contributed by atoms with E-state index in [9.17, 15) is 0 Å². The summed E-state index contributed by atoms with van der Waals surface area (Å²) in [7, 11) is 0. The van der Waals surface area contributed by atoms with Gasteiger partial charge in [0.05, 0.1) is 0 Å². The van der Waals surface area contributed by atoms with E-state index in [0.29, 0.717) is 0 Å². The molecule has 0 aromatic carbocycles. The standard InChI is InChI=1S/C12H20/c1-7(2)10-11-5-8(3)6-12(10,11)9(11)4/h7-10H,5-6H2,1-4H3. The van der Waals surface area contributed by atoms with Crippen LogP contribution < -0.4 is 0 Å². The molecule has 68 valence electrons. The molecular formula is C12H20. The zero-order valence-electron chi connectivity index (χ0n) is 8.72. The quantitative estimate of drug-likeness (QED) is 0.557. The highest BCUT2D eigenvalue weighted by Crippen LogP contribution is 3.01. The fourth-order valence-electron chi connectivity index (χ4n) is 5.41. The van der Waals surface area contributed by atoms with E-state index in [1.165, 1.54) is 0 Å². The van der Waals surface area contributed by atoms with Crippen LogP contribution in [0, 0.1) is 34.5 Å². The minimum Gasteiger partial charge on any atom is -0.0625 e. The Kier molecular flexibility index (Phi) is 1.00. The Hall–Kier alpha value is 0. The molecule has 3 fully saturated rings. The first-order valence-corrected chi connectivity index (χ1v) is 5.57. The van der Waals surface area contributed by atoms with Crippen molar-refractivity contribution in [3.63, 3.8) is 0 Å². The minimum atomic E-state index is 0.876. The van der Waals surface area contributed by atoms with Crippen molar-refractivity contribution in [1.29, 1.82) is 0 Å². The molecule has 3 aliphatic rings. The second kappa shape index (κ2) is 1.63. The van der Waals surface area contributed by atoms with Gasteiger partial charge < -0.3 is 0 Å². The van der Waals surface area contributed by atoms with Crippen molar-refractivity contribution in [2.45, 2.75) is 40.5 Å². The predicted octanol–water partition coefficient (Wildman–Crippen LogP) is 3.32. The third kappa shape index (κ3) is 0.438. The SMILES string of the molecule is CC1CC23C(C)C2(C1)C3C(C)C. The van der Waals surface area contributed by atoms with Crippen molar-refractivity contribution in [3.05, 3.63) is 0 Å². The van der Waals surface area contributed by atoms with Crippen LogP contribution in [0.3, 0.4) is 0 Å². The molecule has 2 unspecified atom stereocenters. The summed E-state index contributed by atoms with van der Waals surface area (Å²) in [5, 5.41) is 0. The molecule has 0 aliphatic heterocycles. The molecule has 12 heavy (non-hydrogen) atoms. The van der Waals surface area contributed by atoms with Gasteiger partial charge in [0.15, 0.2) is 0 Å². The molecule has 0 amide bonds. The Labute approximate surface area is 75.7 Å². The van der Waals surface area contributed by atoms with E-state index in [0.717, 1.165) is 34.5 Å². The molecule has 0 nitrogen and oxygen atoms in total. The van der Waals surface area contributed by atoms with Crippen molar-refractivity contribution in [1.82, 2.24) is 0 Å². The van der Waals surface area contributed by atoms with Crippen LogP contribution in [0.25, 0.3) is 0 Å². The molecule has 2 atom stereocenters. The average Bonchev–Trinajstić information content (AvgIpc) is 2.60. The topological polar surface area (TPSA) is 0 Å². The maximum Gasteiger partial charge on any atom is -0.0165 e. The van der Waals surface area contributed by atoms with Gasteiger partial charge in [-0.15, -0.1) is 0 Å². The highest BCUT2D eigenvalue weighted by molar-refractivity contribution is 5.43. The molecule has 0 heterocycles. The van der Waals surface area contributed by atoms with Gasteiger partial charge >= 0.3 is 0 Å². The van der Waals surface area contributed by atoms with E-state index < -0.39 is 0 Å².